The van der Waals surface area contributed by atoms with E-state index < -0.39 is 11.9 Å². The van der Waals surface area contributed by atoms with Crippen molar-refractivity contribution in [1.29, 1.82) is 0 Å². The van der Waals surface area contributed by atoms with E-state index in [-0.39, 0.29) is 0 Å². The highest BCUT2D eigenvalue weighted by Gasteiger charge is 2.19. The number of carbonyl (C=O) groups excluding carboxylic acids is 2. The fraction of sp³-hybridized carbons (Fsp3) is 0.680. The van der Waals surface area contributed by atoms with E-state index in [9.17, 15) is 9.59 Å². The first-order chi connectivity index (χ1) is 14.6. The molecule has 0 N–H and O–H groups in total. The van der Waals surface area contributed by atoms with E-state index in [1.54, 1.807) is 6.07 Å². The second-order valence-corrected chi connectivity index (χ2v) is 8.02. The van der Waals surface area contributed by atoms with Gasteiger partial charge in [0.05, 0.1) is 7.11 Å². The van der Waals surface area contributed by atoms with Crippen LogP contribution in [0.5, 0.6) is 0 Å². The van der Waals surface area contributed by atoms with Crippen LogP contribution in [-0.4, -0.2) is 24.2 Å². The maximum atomic E-state index is 12.4. The third-order valence-electron chi connectivity index (χ3n) is 5.29. The van der Waals surface area contributed by atoms with Crippen LogP contribution < -0.4 is 0 Å². The van der Waals surface area contributed by atoms with Gasteiger partial charge in [-0.25, -0.2) is 9.63 Å². The number of benzene rings is 1. The average Bonchev–Trinajstić information content (AvgIpc) is 2.75. The largest absolute Gasteiger partial charge is 0.332 e. The van der Waals surface area contributed by atoms with Gasteiger partial charge in [-0.15, -0.1) is 0 Å². The van der Waals surface area contributed by atoms with Gasteiger partial charge in [-0.2, -0.15) is 0 Å². The first kappa shape index (κ1) is 26.2. The Morgan fingerprint density at radius 2 is 1.37 bits per heavy atom. The molecule has 0 unspecified atom stereocenters. The molecule has 30 heavy (non-hydrogen) atoms. The minimum Gasteiger partial charge on any atom is -0.312 e. The van der Waals surface area contributed by atoms with Crippen molar-refractivity contribution >= 4 is 11.9 Å². The van der Waals surface area contributed by atoms with Gasteiger partial charge in [0, 0.05) is 12.5 Å². The van der Waals surface area contributed by atoms with E-state index in [1.165, 1.54) is 91.1 Å². The predicted octanol–water partition coefficient (Wildman–Crippen LogP) is 6.80. The van der Waals surface area contributed by atoms with Crippen LogP contribution in [0.15, 0.2) is 24.3 Å². The highest BCUT2D eigenvalue weighted by atomic mass is 17.0. The number of hydroxylamine groups is 2. The first-order valence-corrected chi connectivity index (χ1v) is 11.7. The topological polar surface area (TPSA) is 55.8 Å². The lowest BCUT2D eigenvalue weighted by atomic mass is 10.0. The molecule has 5 nitrogen and oxygen atoms in total. The molecule has 0 heterocycles. The molecule has 0 aromatic heterocycles. The molecule has 170 valence electrons. The minimum atomic E-state index is -0.603. The Labute approximate surface area is 183 Å². The van der Waals surface area contributed by atoms with Crippen molar-refractivity contribution in [3.63, 3.8) is 0 Å². The molecular formula is C25H41NO4. The number of nitrogens with zero attached hydrogens (tertiary/aromatic N) is 1. The lowest BCUT2D eigenvalue weighted by Gasteiger charge is -2.17. The van der Waals surface area contributed by atoms with E-state index in [2.05, 4.69) is 6.92 Å². The molecular weight excluding hydrogens is 378 g/mol. The van der Waals surface area contributed by atoms with Crippen LogP contribution in [-0.2, 0) is 20.9 Å². The number of carbonyl (C=O) groups is 2. The van der Waals surface area contributed by atoms with Gasteiger partial charge >= 0.3 is 11.9 Å². The minimum absolute atomic E-state index is 0.449. The van der Waals surface area contributed by atoms with Crippen LogP contribution >= 0.6 is 0 Å². The van der Waals surface area contributed by atoms with Gasteiger partial charge in [0.25, 0.3) is 0 Å². The Kier molecular flexibility index (Phi) is 14.7. The van der Waals surface area contributed by atoms with E-state index in [0.717, 1.165) is 18.4 Å². The van der Waals surface area contributed by atoms with Crippen LogP contribution in [0, 0.1) is 0 Å². The zero-order chi connectivity index (χ0) is 22.0. The van der Waals surface area contributed by atoms with Crippen molar-refractivity contribution in [3.8, 4) is 0 Å². The molecule has 0 radical (unpaired) electrons. The average molecular weight is 420 g/mol. The van der Waals surface area contributed by atoms with Gasteiger partial charge < -0.3 is 4.84 Å². The first-order valence-electron chi connectivity index (χ1n) is 11.7. The Morgan fingerprint density at radius 3 is 1.87 bits per heavy atom. The van der Waals surface area contributed by atoms with Crippen molar-refractivity contribution in [2.24, 2.45) is 0 Å². The fourth-order valence-electron chi connectivity index (χ4n) is 3.59. The lowest BCUT2D eigenvalue weighted by molar-refractivity contribution is -0.293. The molecule has 0 saturated carbocycles. The van der Waals surface area contributed by atoms with Crippen LogP contribution in [0.3, 0.4) is 0 Å². The van der Waals surface area contributed by atoms with Crippen LogP contribution in [0.1, 0.15) is 113 Å². The third-order valence-corrected chi connectivity index (χ3v) is 5.29. The van der Waals surface area contributed by atoms with Crippen molar-refractivity contribution in [3.05, 3.63) is 35.4 Å². The summed E-state index contributed by atoms with van der Waals surface area (Å²) in [6.45, 7) is 3.49. The molecule has 0 aliphatic heterocycles. The molecule has 0 fully saturated rings. The monoisotopic (exact) mass is 419 g/mol. The molecule has 1 amide bonds. The summed E-state index contributed by atoms with van der Waals surface area (Å²) in [5, 5.41) is 0.618. The Balaban J connectivity index is 2.16. The number of rotatable bonds is 16. The zero-order valence-electron chi connectivity index (χ0n) is 19.3. The Hall–Kier alpha value is -1.88. The van der Waals surface area contributed by atoms with Gasteiger partial charge in [0.15, 0.2) is 0 Å². The van der Waals surface area contributed by atoms with E-state index in [1.807, 2.05) is 18.2 Å². The number of hydrogen-bond acceptors (Lipinski definition) is 4. The van der Waals surface area contributed by atoms with Gasteiger partial charge in [-0.05, 0) is 35.8 Å². The summed E-state index contributed by atoms with van der Waals surface area (Å²) in [6, 6.07) is 7.43. The summed E-state index contributed by atoms with van der Waals surface area (Å²) in [6.07, 6.45) is 18.3. The molecule has 0 spiro atoms. The molecule has 0 bridgehead atoms. The standard InChI is InChI=1S/C25H41NO4/c1-4-5-6-7-8-9-10-11-12-13-14-15-16-18-23-19-17-20-24(21-23)25(28)26(29-3)30-22(2)27/h17,19-21H,4-16,18H2,1-3H3. The summed E-state index contributed by atoms with van der Waals surface area (Å²) in [5.74, 6) is -1.09. The molecule has 0 aliphatic rings. The summed E-state index contributed by atoms with van der Waals surface area (Å²) in [7, 11) is 1.29. The number of amides is 1. The molecule has 0 saturated heterocycles. The SMILES string of the molecule is CCCCCCCCCCCCCCCc1cccc(C(=O)N(OC)OC(C)=O)c1. The van der Waals surface area contributed by atoms with Crippen molar-refractivity contribution in [2.45, 2.75) is 104 Å². The van der Waals surface area contributed by atoms with E-state index in [0.29, 0.717) is 10.8 Å². The highest BCUT2D eigenvalue weighted by molar-refractivity contribution is 5.93. The second-order valence-electron chi connectivity index (χ2n) is 8.02. The van der Waals surface area contributed by atoms with Crippen molar-refractivity contribution in [2.75, 3.05) is 7.11 Å². The van der Waals surface area contributed by atoms with Gasteiger partial charge in [-0.3, -0.25) is 4.79 Å². The number of hydrogen-bond donors (Lipinski definition) is 0. The second kappa shape index (κ2) is 16.9. The molecule has 1 aromatic carbocycles. The summed E-state index contributed by atoms with van der Waals surface area (Å²) < 4.78 is 0. The maximum absolute atomic E-state index is 12.4. The van der Waals surface area contributed by atoms with Crippen molar-refractivity contribution < 1.29 is 19.3 Å². The van der Waals surface area contributed by atoms with Gasteiger partial charge in [-0.1, -0.05) is 96.1 Å². The highest BCUT2D eigenvalue weighted by Crippen LogP contribution is 2.15. The van der Waals surface area contributed by atoms with Gasteiger partial charge in [0.1, 0.15) is 0 Å². The smallest absolute Gasteiger partial charge is 0.312 e. The summed E-state index contributed by atoms with van der Waals surface area (Å²) in [4.78, 5) is 33.0. The van der Waals surface area contributed by atoms with Crippen molar-refractivity contribution in [1.82, 2.24) is 5.23 Å². The van der Waals surface area contributed by atoms with E-state index >= 15 is 0 Å². The number of unbranched alkanes of at least 4 members (excludes halogenated alkanes) is 12. The fourth-order valence-corrected chi connectivity index (χ4v) is 3.59. The third kappa shape index (κ3) is 12.0. The van der Waals surface area contributed by atoms with E-state index in [4.69, 9.17) is 9.68 Å². The molecule has 1 rings (SSSR count). The Morgan fingerprint density at radius 1 is 0.833 bits per heavy atom. The Bertz CT molecular complexity index is 603. The van der Waals surface area contributed by atoms with Crippen LogP contribution in [0.4, 0.5) is 0 Å². The maximum Gasteiger partial charge on any atom is 0.332 e. The zero-order valence-corrected chi connectivity index (χ0v) is 19.3. The molecule has 0 atom stereocenters. The van der Waals surface area contributed by atoms with Crippen LogP contribution in [0.2, 0.25) is 0 Å². The predicted molar refractivity (Wildman–Crippen MR) is 121 cm³/mol. The normalized spacial score (nSPS) is 10.8. The molecule has 0 aliphatic carbocycles. The molecule has 5 heteroatoms. The quantitative estimate of drug-likeness (QED) is 0.218. The summed E-state index contributed by atoms with van der Waals surface area (Å²) >= 11 is 0. The lowest BCUT2D eigenvalue weighted by Crippen LogP contribution is -2.32. The van der Waals surface area contributed by atoms with Crippen LogP contribution in [0.25, 0.3) is 0 Å². The number of aryl methyl sites for hydroxylation is 1. The summed E-state index contributed by atoms with van der Waals surface area (Å²) in [5.41, 5.74) is 1.56. The van der Waals surface area contributed by atoms with Gasteiger partial charge in [0.2, 0.25) is 0 Å². The molecule has 1 aromatic rings.